The fraction of sp³-hybridized carbons (Fsp3) is 0.250. The number of carbonyl (C=O) groups is 3. The van der Waals surface area contributed by atoms with Crippen molar-refractivity contribution in [3.63, 3.8) is 0 Å². The molecular weight excluding hydrogens is 514 g/mol. The van der Waals surface area contributed by atoms with Crippen LogP contribution in [0.3, 0.4) is 0 Å². The normalized spacial score (nSPS) is 20.0. The van der Waals surface area contributed by atoms with Crippen LogP contribution in [0.15, 0.2) is 45.6 Å². The number of hydrogen-bond donors (Lipinski definition) is 2. The number of nitrogens with one attached hydrogen (secondary N) is 1. The summed E-state index contributed by atoms with van der Waals surface area (Å²) in [7, 11) is 1.28. The smallest absolute Gasteiger partial charge is 0.289 e. The van der Waals surface area contributed by atoms with E-state index in [0.717, 1.165) is 21.7 Å². The van der Waals surface area contributed by atoms with Crippen molar-refractivity contribution < 1.29 is 28.9 Å². The maximum absolute atomic E-state index is 13.0. The monoisotopic (exact) mass is 531 g/mol. The van der Waals surface area contributed by atoms with Gasteiger partial charge in [-0.1, -0.05) is 16.5 Å². The Morgan fingerprint density at radius 3 is 2.97 bits per heavy atom. The molecule has 0 spiro atoms. The first kappa shape index (κ1) is 23.2. The molecule has 35 heavy (non-hydrogen) atoms. The van der Waals surface area contributed by atoms with Gasteiger partial charge in [0.15, 0.2) is 23.6 Å². The fourth-order valence-corrected chi connectivity index (χ4v) is 6.56. The first-order valence-corrected chi connectivity index (χ1v) is 12.9. The number of nitrogens with two attached hydrogens (primary N) is 1. The highest BCUT2D eigenvalue weighted by Crippen LogP contribution is 2.40. The minimum Gasteiger partial charge on any atom is -0.543 e. The van der Waals surface area contributed by atoms with Crippen molar-refractivity contribution in [3.05, 3.63) is 46.2 Å². The van der Waals surface area contributed by atoms with E-state index in [9.17, 15) is 19.5 Å². The number of oxime groups is 1. The van der Waals surface area contributed by atoms with E-state index in [4.69, 9.17) is 10.6 Å². The van der Waals surface area contributed by atoms with Gasteiger partial charge in [-0.05, 0) is 6.07 Å². The molecule has 1 unspecified atom stereocenters. The van der Waals surface area contributed by atoms with Crippen LogP contribution in [0, 0.1) is 0 Å². The first-order valence-electron chi connectivity index (χ1n) is 10.1. The number of pyridine rings is 1. The van der Waals surface area contributed by atoms with E-state index in [1.807, 2.05) is 22.9 Å². The van der Waals surface area contributed by atoms with Crippen molar-refractivity contribution in [1.82, 2.24) is 20.2 Å². The molecule has 15 heteroatoms. The zero-order valence-electron chi connectivity index (χ0n) is 18.0. The number of amides is 2. The van der Waals surface area contributed by atoms with E-state index in [1.165, 1.54) is 35.1 Å². The second kappa shape index (κ2) is 9.24. The van der Waals surface area contributed by atoms with Gasteiger partial charge in [-0.15, -0.1) is 23.1 Å². The fourth-order valence-electron chi connectivity index (χ4n) is 3.91. The Bertz CT molecular complexity index is 1410. The zero-order chi connectivity index (χ0) is 24.7. The van der Waals surface area contributed by atoms with Gasteiger partial charge in [-0.2, -0.15) is 4.57 Å². The van der Waals surface area contributed by atoms with Gasteiger partial charge in [0, 0.05) is 22.8 Å². The van der Waals surface area contributed by atoms with E-state index in [0.29, 0.717) is 11.3 Å². The van der Waals surface area contributed by atoms with Crippen LogP contribution in [0.1, 0.15) is 5.69 Å². The number of aromatic nitrogens is 3. The Balaban J connectivity index is 1.38. The number of nitrogens with zero attached hydrogens (tertiary/aromatic N) is 5. The third-order valence-electron chi connectivity index (χ3n) is 5.41. The number of thiazole rings is 2. The van der Waals surface area contributed by atoms with E-state index < -0.39 is 29.2 Å². The lowest BCUT2D eigenvalue weighted by Crippen LogP contribution is -2.71. The summed E-state index contributed by atoms with van der Waals surface area (Å²) in [4.78, 5) is 53.0. The number of nitrogen functional groups attached to an aromatic ring is 1. The molecule has 1 fully saturated rings. The number of carbonyl (C=O) groups excluding carboxylic acids is 3. The standard InChI is InChI=1S/C20H17N7O5S3/c1-32-25-12(11-7-34-20(21)23-11)15(28)24-13-16(29)27-14(19(30)31)9(6-33-18(13)27)5-26-4-2-3-10-17(26)35-8-22-10/h2-4,7-8,13,18H,5-6H2,1H3,(H3-,21,23,24,28,30,31)/t13?,18-/m0/s1. The third-order valence-corrected chi connectivity index (χ3v) is 8.30. The van der Waals surface area contributed by atoms with Gasteiger partial charge >= 0.3 is 0 Å². The maximum atomic E-state index is 13.0. The van der Waals surface area contributed by atoms with E-state index in [1.54, 1.807) is 10.9 Å². The highest BCUT2D eigenvalue weighted by atomic mass is 32.2. The topological polar surface area (TPSA) is 167 Å². The van der Waals surface area contributed by atoms with E-state index in [2.05, 4.69) is 20.4 Å². The molecule has 2 aliphatic heterocycles. The second-order valence-corrected chi connectivity index (χ2v) is 10.3. The van der Waals surface area contributed by atoms with Crippen LogP contribution in [0.4, 0.5) is 5.13 Å². The third kappa shape index (κ3) is 4.11. The zero-order valence-corrected chi connectivity index (χ0v) is 20.5. The molecule has 1 saturated heterocycles. The van der Waals surface area contributed by atoms with Gasteiger partial charge in [0.2, 0.25) is 0 Å². The highest BCUT2D eigenvalue weighted by Gasteiger charge is 2.53. The molecule has 0 aliphatic carbocycles. The molecule has 2 aliphatic rings. The van der Waals surface area contributed by atoms with Crippen LogP contribution in [0.5, 0.6) is 0 Å². The number of thioether (sulfide) groups is 1. The SMILES string of the molecule is CON=C(C(=O)NC1C(=O)N2C(C(=O)[O-])=C(C[n+]3cccc4ncsc43)CS[C@@H]12)c1csc(N)n1. The lowest BCUT2D eigenvalue weighted by atomic mass is 10.0. The molecule has 5 rings (SSSR count). The van der Waals surface area contributed by atoms with Gasteiger partial charge in [0.25, 0.3) is 16.6 Å². The Morgan fingerprint density at radius 1 is 1.43 bits per heavy atom. The predicted molar refractivity (Wildman–Crippen MR) is 127 cm³/mol. The summed E-state index contributed by atoms with van der Waals surface area (Å²) in [5, 5.41) is 19.6. The molecular formula is C20H17N7O5S3. The molecule has 0 saturated carbocycles. The van der Waals surface area contributed by atoms with Gasteiger partial charge in [0.1, 0.15) is 29.7 Å². The molecule has 5 heterocycles. The predicted octanol–water partition coefficient (Wildman–Crippen LogP) is -0.923. The number of rotatable bonds is 7. The molecule has 180 valence electrons. The van der Waals surface area contributed by atoms with Gasteiger partial charge < -0.3 is 25.8 Å². The summed E-state index contributed by atoms with van der Waals surface area (Å²) in [6, 6.07) is 2.75. The maximum Gasteiger partial charge on any atom is 0.289 e. The molecule has 0 bridgehead atoms. The van der Waals surface area contributed by atoms with Crippen LogP contribution in [-0.4, -0.2) is 62.6 Å². The van der Waals surface area contributed by atoms with Crippen molar-refractivity contribution in [2.24, 2.45) is 5.16 Å². The molecule has 12 nitrogen and oxygen atoms in total. The Morgan fingerprint density at radius 2 is 2.26 bits per heavy atom. The van der Waals surface area contributed by atoms with Gasteiger partial charge in [0.05, 0.1) is 17.2 Å². The largest absolute Gasteiger partial charge is 0.543 e. The number of hydrogen-bond acceptors (Lipinski definition) is 12. The number of anilines is 1. The Hall–Kier alpha value is -3.56. The van der Waals surface area contributed by atoms with E-state index >= 15 is 0 Å². The molecule has 3 N–H and O–H groups in total. The molecule has 3 aromatic heterocycles. The molecule has 0 aromatic carbocycles. The number of fused-ring (bicyclic) bond motifs is 2. The highest BCUT2D eigenvalue weighted by molar-refractivity contribution is 8.00. The van der Waals surface area contributed by atoms with Crippen LogP contribution >= 0.6 is 34.4 Å². The lowest BCUT2D eigenvalue weighted by molar-refractivity contribution is -0.661. The summed E-state index contributed by atoms with van der Waals surface area (Å²) >= 11 is 3.92. The number of aliphatic carboxylic acids is 1. The number of β-lactam (4-membered cyclic amide) rings is 1. The average molecular weight is 532 g/mol. The summed E-state index contributed by atoms with van der Waals surface area (Å²) in [5.74, 6) is -2.34. The summed E-state index contributed by atoms with van der Waals surface area (Å²) in [6.45, 7) is 0.263. The van der Waals surface area contributed by atoms with E-state index in [-0.39, 0.29) is 28.8 Å². The summed E-state index contributed by atoms with van der Waals surface area (Å²) < 4.78 is 1.89. The van der Waals surface area contributed by atoms with Crippen molar-refractivity contribution in [3.8, 4) is 0 Å². The summed E-state index contributed by atoms with van der Waals surface area (Å²) in [6.07, 6.45) is 1.83. The van der Waals surface area contributed by atoms with Crippen LogP contribution < -0.4 is 20.7 Å². The quantitative estimate of drug-likeness (QED) is 0.170. The minimum absolute atomic E-state index is 0.141. The Kier molecular flexibility index (Phi) is 6.12. The molecule has 0 radical (unpaired) electrons. The van der Waals surface area contributed by atoms with Crippen molar-refractivity contribution in [2.75, 3.05) is 18.6 Å². The minimum atomic E-state index is -1.44. The van der Waals surface area contributed by atoms with Crippen LogP contribution in [0.25, 0.3) is 10.3 Å². The molecule has 2 amide bonds. The van der Waals surface area contributed by atoms with Crippen molar-refractivity contribution in [2.45, 2.75) is 18.0 Å². The van der Waals surface area contributed by atoms with Crippen LogP contribution in [-0.2, 0) is 25.8 Å². The summed E-state index contributed by atoms with van der Waals surface area (Å²) in [5.41, 5.74) is 8.59. The van der Waals surface area contributed by atoms with Crippen molar-refractivity contribution in [1.29, 1.82) is 0 Å². The van der Waals surface area contributed by atoms with Gasteiger partial charge in [-0.25, -0.2) is 9.97 Å². The Labute approximate surface area is 210 Å². The first-order chi connectivity index (χ1) is 16.9. The second-order valence-electron chi connectivity index (χ2n) is 7.47. The molecule has 3 aromatic rings. The number of carboxylic acid groups (broad SMARTS) is 1. The average Bonchev–Trinajstić information content (AvgIpc) is 3.49. The number of carboxylic acids is 1. The van der Waals surface area contributed by atoms with Crippen molar-refractivity contribution >= 4 is 73.4 Å². The van der Waals surface area contributed by atoms with Crippen LogP contribution in [0.2, 0.25) is 0 Å². The molecule has 2 atom stereocenters. The lowest BCUT2D eigenvalue weighted by Gasteiger charge is -2.50. The van der Waals surface area contributed by atoms with Gasteiger partial charge in [-0.3, -0.25) is 14.5 Å².